The number of hydrogen-bond donors (Lipinski definition) is 2. The first-order chi connectivity index (χ1) is 14.5. The summed E-state index contributed by atoms with van der Waals surface area (Å²) in [6.07, 6.45) is -0.0357. The molecule has 0 radical (unpaired) electrons. The highest BCUT2D eigenvalue weighted by Crippen LogP contribution is 2.35. The molecule has 152 valence electrons. The summed E-state index contributed by atoms with van der Waals surface area (Å²) < 4.78 is 5.98. The molecule has 1 aromatic heterocycles. The number of rotatable bonds is 7. The Morgan fingerprint density at radius 2 is 1.77 bits per heavy atom. The fourth-order valence-electron chi connectivity index (χ4n) is 3.84. The van der Waals surface area contributed by atoms with E-state index in [1.807, 2.05) is 66.7 Å². The van der Waals surface area contributed by atoms with Crippen molar-refractivity contribution in [3.63, 3.8) is 0 Å². The molecule has 0 saturated heterocycles. The maximum absolute atomic E-state index is 11.6. The van der Waals surface area contributed by atoms with Crippen LogP contribution in [0, 0.1) is 0 Å². The van der Waals surface area contributed by atoms with Crippen molar-refractivity contribution < 1.29 is 14.6 Å². The molecule has 4 nitrogen and oxygen atoms in total. The van der Waals surface area contributed by atoms with E-state index in [0.717, 1.165) is 39.0 Å². The number of hydrogen-bond acceptors (Lipinski definition) is 2. The smallest absolute Gasteiger partial charge is 0.307 e. The molecular weight excluding hydrogens is 374 g/mol. The lowest BCUT2D eigenvalue weighted by Gasteiger charge is -2.09. The van der Waals surface area contributed by atoms with Gasteiger partial charge in [0.1, 0.15) is 12.4 Å². The van der Waals surface area contributed by atoms with Crippen LogP contribution in [0.25, 0.3) is 22.2 Å². The van der Waals surface area contributed by atoms with Crippen molar-refractivity contribution in [1.29, 1.82) is 0 Å². The third-order valence-electron chi connectivity index (χ3n) is 5.29. The average Bonchev–Trinajstić information content (AvgIpc) is 3.11. The van der Waals surface area contributed by atoms with Gasteiger partial charge in [-0.15, -0.1) is 0 Å². The molecule has 0 fully saturated rings. The fourth-order valence-corrected chi connectivity index (χ4v) is 3.84. The fraction of sp³-hybridized carbons (Fsp3) is 0.192. The van der Waals surface area contributed by atoms with Crippen LogP contribution in [0.15, 0.2) is 72.8 Å². The van der Waals surface area contributed by atoms with Gasteiger partial charge in [0.05, 0.1) is 12.1 Å². The Kier molecular flexibility index (Phi) is 5.57. The first kappa shape index (κ1) is 19.8. The summed E-state index contributed by atoms with van der Waals surface area (Å²) in [5, 5.41) is 10.5. The van der Waals surface area contributed by atoms with Crippen LogP contribution in [0.2, 0.25) is 0 Å². The summed E-state index contributed by atoms with van der Waals surface area (Å²) >= 11 is 0. The van der Waals surface area contributed by atoms with Crippen LogP contribution < -0.4 is 4.74 Å². The van der Waals surface area contributed by atoms with Gasteiger partial charge in [-0.3, -0.25) is 4.79 Å². The molecule has 0 atom stereocenters. The number of carboxylic acids is 1. The van der Waals surface area contributed by atoms with Gasteiger partial charge in [0, 0.05) is 16.5 Å². The Morgan fingerprint density at radius 1 is 1.00 bits per heavy atom. The van der Waals surface area contributed by atoms with E-state index in [1.54, 1.807) is 0 Å². The summed E-state index contributed by atoms with van der Waals surface area (Å²) in [6.45, 7) is 4.77. The largest absolute Gasteiger partial charge is 0.489 e. The van der Waals surface area contributed by atoms with Crippen LogP contribution in [0.5, 0.6) is 5.75 Å². The molecule has 0 amide bonds. The van der Waals surface area contributed by atoms with Gasteiger partial charge in [-0.05, 0) is 34.7 Å². The van der Waals surface area contributed by atoms with Crippen molar-refractivity contribution in [2.45, 2.75) is 32.8 Å². The van der Waals surface area contributed by atoms with Gasteiger partial charge in [-0.1, -0.05) is 74.5 Å². The van der Waals surface area contributed by atoms with E-state index in [0.29, 0.717) is 12.5 Å². The maximum atomic E-state index is 11.6. The molecule has 4 rings (SSSR count). The predicted octanol–water partition coefficient (Wildman–Crippen LogP) is 6.16. The molecule has 2 N–H and O–H groups in total. The molecule has 0 aliphatic heterocycles. The van der Waals surface area contributed by atoms with Gasteiger partial charge in [0.2, 0.25) is 0 Å². The van der Waals surface area contributed by atoms with Crippen molar-refractivity contribution >= 4 is 16.9 Å². The van der Waals surface area contributed by atoms with E-state index < -0.39 is 5.97 Å². The van der Waals surface area contributed by atoms with Crippen molar-refractivity contribution in [1.82, 2.24) is 4.98 Å². The zero-order valence-electron chi connectivity index (χ0n) is 17.2. The second-order valence-electron chi connectivity index (χ2n) is 7.78. The molecule has 0 unspecified atom stereocenters. The van der Waals surface area contributed by atoms with Crippen LogP contribution >= 0.6 is 0 Å². The summed E-state index contributed by atoms with van der Waals surface area (Å²) in [5.74, 6) is 0.238. The number of aromatic amines is 1. The summed E-state index contributed by atoms with van der Waals surface area (Å²) in [7, 11) is 0. The van der Waals surface area contributed by atoms with Crippen molar-refractivity contribution in [3.05, 3.63) is 89.5 Å². The highest BCUT2D eigenvalue weighted by Gasteiger charge is 2.18. The number of aliphatic carboxylic acids is 1. The number of ether oxygens (including phenoxy) is 1. The molecular formula is C26H25NO3. The molecule has 0 aliphatic carbocycles. The molecule has 0 bridgehead atoms. The molecule has 30 heavy (non-hydrogen) atoms. The second kappa shape index (κ2) is 8.46. The Labute approximate surface area is 176 Å². The zero-order chi connectivity index (χ0) is 21.1. The van der Waals surface area contributed by atoms with Crippen LogP contribution in [-0.4, -0.2) is 16.1 Å². The van der Waals surface area contributed by atoms with Crippen LogP contribution in [0.1, 0.15) is 36.5 Å². The predicted molar refractivity (Wildman–Crippen MR) is 120 cm³/mol. The van der Waals surface area contributed by atoms with Gasteiger partial charge >= 0.3 is 5.97 Å². The number of carboxylic acid groups (broad SMARTS) is 1. The SMILES string of the molecule is CC(C)c1cccc2c(CC(=O)O)c(-c3cccc(OCc4ccccc4)c3)[nH]c12. The molecule has 4 aromatic rings. The molecule has 1 heterocycles. The molecule has 0 spiro atoms. The number of para-hydroxylation sites is 1. The topological polar surface area (TPSA) is 62.3 Å². The minimum Gasteiger partial charge on any atom is -0.489 e. The molecule has 3 aromatic carbocycles. The first-order valence-corrected chi connectivity index (χ1v) is 10.2. The van der Waals surface area contributed by atoms with E-state index in [9.17, 15) is 9.90 Å². The van der Waals surface area contributed by atoms with Gasteiger partial charge in [-0.2, -0.15) is 0 Å². The van der Waals surface area contributed by atoms with Crippen molar-refractivity contribution in [2.75, 3.05) is 0 Å². The number of aromatic nitrogens is 1. The highest BCUT2D eigenvalue weighted by atomic mass is 16.5. The number of nitrogens with one attached hydrogen (secondary N) is 1. The third kappa shape index (κ3) is 4.08. The van der Waals surface area contributed by atoms with E-state index in [1.165, 1.54) is 5.56 Å². The van der Waals surface area contributed by atoms with Crippen molar-refractivity contribution in [2.24, 2.45) is 0 Å². The minimum atomic E-state index is -0.844. The normalized spacial score (nSPS) is 11.2. The van der Waals surface area contributed by atoms with Crippen LogP contribution in [0.3, 0.4) is 0 Å². The lowest BCUT2D eigenvalue weighted by molar-refractivity contribution is -0.136. The lowest BCUT2D eigenvalue weighted by Crippen LogP contribution is -2.01. The standard InChI is InChI=1S/C26H25NO3/c1-17(2)21-12-7-13-22-23(15-24(28)29)25(27-26(21)22)19-10-6-11-20(14-19)30-16-18-8-4-3-5-9-18/h3-14,17,27H,15-16H2,1-2H3,(H,28,29). The van der Waals surface area contributed by atoms with E-state index in [2.05, 4.69) is 24.9 Å². The number of fused-ring (bicyclic) bond motifs is 1. The maximum Gasteiger partial charge on any atom is 0.307 e. The number of benzene rings is 3. The monoisotopic (exact) mass is 399 g/mol. The summed E-state index contributed by atoms with van der Waals surface area (Å²) in [6, 6.07) is 23.9. The Balaban J connectivity index is 1.75. The summed E-state index contributed by atoms with van der Waals surface area (Å²) in [5.41, 5.74) is 5.85. The van der Waals surface area contributed by atoms with Gasteiger partial charge < -0.3 is 14.8 Å². The average molecular weight is 399 g/mol. The third-order valence-corrected chi connectivity index (χ3v) is 5.29. The highest BCUT2D eigenvalue weighted by molar-refractivity contribution is 5.95. The van der Waals surface area contributed by atoms with Crippen LogP contribution in [0.4, 0.5) is 0 Å². The van der Waals surface area contributed by atoms with Gasteiger partial charge in [0.25, 0.3) is 0 Å². The quantitative estimate of drug-likeness (QED) is 0.391. The number of carbonyl (C=O) groups is 1. The Morgan fingerprint density at radius 3 is 2.50 bits per heavy atom. The molecule has 0 aliphatic rings. The van der Waals surface area contributed by atoms with E-state index in [4.69, 9.17) is 4.74 Å². The van der Waals surface area contributed by atoms with E-state index >= 15 is 0 Å². The number of H-pyrrole nitrogens is 1. The second-order valence-corrected chi connectivity index (χ2v) is 7.78. The van der Waals surface area contributed by atoms with Crippen molar-refractivity contribution in [3.8, 4) is 17.0 Å². The van der Waals surface area contributed by atoms with Gasteiger partial charge in [0.15, 0.2) is 0 Å². The Hall–Kier alpha value is -3.53. The molecule has 4 heteroatoms. The van der Waals surface area contributed by atoms with Gasteiger partial charge in [-0.25, -0.2) is 0 Å². The first-order valence-electron chi connectivity index (χ1n) is 10.2. The van der Waals surface area contributed by atoms with E-state index in [-0.39, 0.29) is 6.42 Å². The zero-order valence-corrected chi connectivity index (χ0v) is 17.2. The molecule has 0 saturated carbocycles. The minimum absolute atomic E-state index is 0.0357. The van der Waals surface area contributed by atoms with Crippen LogP contribution in [-0.2, 0) is 17.8 Å². The Bertz CT molecular complexity index is 1180. The summed E-state index contributed by atoms with van der Waals surface area (Å²) in [4.78, 5) is 15.1. The lowest BCUT2D eigenvalue weighted by atomic mass is 9.98.